The van der Waals surface area contributed by atoms with E-state index in [0.29, 0.717) is 100 Å². The van der Waals surface area contributed by atoms with Crippen molar-refractivity contribution in [3.63, 3.8) is 0 Å². The van der Waals surface area contributed by atoms with E-state index in [-0.39, 0.29) is 71.8 Å². The molecular formula is C58H112O18. The lowest BCUT2D eigenvalue weighted by Crippen LogP contribution is -2.29. The Kier molecular flexibility index (Phi) is 63.6. The molecule has 2 atom stereocenters. The topological polar surface area (TPSA) is 229 Å². The zero-order chi connectivity index (χ0) is 61.1. The molecule has 0 saturated heterocycles. The van der Waals surface area contributed by atoms with Gasteiger partial charge < -0.3 is 47.4 Å². The van der Waals surface area contributed by atoms with E-state index in [1.54, 1.807) is 7.11 Å². The predicted octanol–water partition coefficient (Wildman–Crippen LogP) is 11.5. The van der Waals surface area contributed by atoms with Crippen LogP contribution in [0.15, 0.2) is 12.2 Å². The molecule has 76 heavy (non-hydrogen) atoms. The molecule has 452 valence electrons. The Bertz CT molecular complexity index is 1450. The van der Waals surface area contributed by atoms with Crippen LogP contribution in [0.2, 0.25) is 0 Å². The van der Waals surface area contributed by atoms with Gasteiger partial charge >= 0.3 is 47.8 Å². The summed E-state index contributed by atoms with van der Waals surface area (Å²) in [5.41, 5.74) is 0.839. The number of hydrogen-bond donors (Lipinski definition) is 0. The standard InChI is InChI=1S/C8H16O3.C8H16O2.C8H14O2.C7H14O3.C7H12O2.2C7H14O2.C6H12O2/c1-7(2)6-8(9)11-5-4-10-3;2*1-6(2)5-8(9)10-7(3)4;1-5(2)6(9-3)7(8)10-4;1-2-9-7(8)5-6-3-4-6;1-5(2)6(3)7(8)9-4;1-4-9-7(8)5-6(2)3;1-5(2)4-6(7)8-3/h7H,4-6H2,1-3H3;6-7H,5H2,1-4H3;7H,1,5H2,2-4H3;5-6H,1-4H3;6H,2-5H2,1H3;5-6H,1-4H3;6H,4-5H2,1-3H3;5H,4H2,1-3H3. The molecule has 18 heteroatoms. The number of esters is 8. The lowest BCUT2D eigenvalue weighted by Gasteiger charge is -2.15. The van der Waals surface area contributed by atoms with Crippen molar-refractivity contribution < 1.29 is 85.7 Å². The Hall–Kier alpha value is -4.58. The summed E-state index contributed by atoms with van der Waals surface area (Å²) in [4.78, 5) is 85.7. The molecule has 0 heterocycles. The largest absolute Gasteiger partial charge is 0.469 e. The number of rotatable bonds is 24. The van der Waals surface area contributed by atoms with E-state index < -0.39 is 6.10 Å². The normalized spacial score (nSPS) is 11.7. The first kappa shape index (κ1) is 85.3. The summed E-state index contributed by atoms with van der Waals surface area (Å²) >= 11 is 0. The first-order valence-electron chi connectivity index (χ1n) is 26.8. The van der Waals surface area contributed by atoms with Gasteiger partial charge in [0.25, 0.3) is 0 Å². The van der Waals surface area contributed by atoms with Gasteiger partial charge in [-0.25, -0.2) is 4.79 Å². The minimum Gasteiger partial charge on any atom is -0.469 e. The molecule has 0 radical (unpaired) electrons. The van der Waals surface area contributed by atoms with Gasteiger partial charge in [-0.05, 0) is 103 Å². The molecule has 1 rings (SSSR count). The highest BCUT2D eigenvalue weighted by Crippen LogP contribution is 2.32. The second kappa shape index (κ2) is 56.6. The van der Waals surface area contributed by atoms with Crippen molar-refractivity contribution in [1.82, 2.24) is 0 Å². The summed E-state index contributed by atoms with van der Waals surface area (Å²) in [7, 11) is 7.26. The van der Waals surface area contributed by atoms with Crippen LogP contribution in [0.5, 0.6) is 0 Å². The molecular weight excluding hydrogens is 985 g/mol. The lowest BCUT2D eigenvalue weighted by molar-refractivity contribution is -0.155. The van der Waals surface area contributed by atoms with Crippen LogP contribution in [0.4, 0.5) is 0 Å². The Morgan fingerprint density at radius 1 is 0.461 bits per heavy atom. The Morgan fingerprint density at radius 2 is 0.842 bits per heavy atom. The number of methoxy groups -OCH3 is 5. The van der Waals surface area contributed by atoms with Gasteiger partial charge in [-0.15, -0.1) is 0 Å². The summed E-state index contributed by atoms with van der Waals surface area (Å²) in [6.45, 7) is 43.9. The van der Waals surface area contributed by atoms with Gasteiger partial charge in [0.2, 0.25) is 0 Å². The van der Waals surface area contributed by atoms with Gasteiger partial charge in [-0.1, -0.05) is 102 Å². The summed E-state index contributed by atoms with van der Waals surface area (Å²) in [6, 6.07) is 0. The molecule has 18 nitrogen and oxygen atoms in total. The van der Waals surface area contributed by atoms with Crippen molar-refractivity contribution in [3.05, 3.63) is 12.2 Å². The van der Waals surface area contributed by atoms with Gasteiger partial charge in [0.15, 0.2) is 6.10 Å². The average molecular weight is 1100 g/mol. The first-order valence-corrected chi connectivity index (χ1v) is 26.8. The van der Waals surface area contributed by atoms with Crippen molar-refractivity contribution in [2.75, 3.05) is 62.0 Å². The maximum Gasteiger partial charge on any atom is 0.335 e. The molecule has 0 aromatic heterocycles. The van der Waals surface area contributed by atoms with E-state index in [1.807, 2.05) is 138 Å². The van der Waals surface area contributed by atoms with E-state index in [9.17, 15) is 38.4 Å². The molecule has 0 aromatic rings. The Balaban J connectivity index is -0.000000143. The number of ether oxygens (including phenoxy) is 10. The zero-order valence-corrected chi connectivity index (χ0v) is 52.4. The van der Waals surface area contributed by atoms with Crippen molar-refractivity contribution >= 4 is 47.8 Å². The Morgan fingerprint density at radius 3 is 1.11 bits per heavy atom. The molecule has 1 aliphatic rings. The average Bonchev–Trinajstić information content (AvgIpc) is 4.09. The molecule has 0 N–H and O–H groups in total. The molecule has 0 aliphatic heterocycles. The number of hydrogen-bond acceptors (Lipinski definition) is 18. The van der Waals surface area contributed by atoms with Crippen LogP contribution < -0.4 is 0 Å². The minimum absolute atomic E-state index is 0.0197. The van der Waals surface area contributed by atoms with Gasteiger partial charge in [-0.3, -0.25) is 33.6 Å². The zero-order valence-electron chi connectivity index (χ0n) is 52.4. The molecule has 1 aliphatic carbocycles. The molecule has 0 bridgehead atoms. The second-order valence-corrected chi connectivity index (χ2v) is 20.6. The van der Waals surface area contributed by atoms with Crippen LogP contribution in [-0.2, 0) is 85.7 Å². The number of carbonyl (C=O) groups is 8. The van der Waals surface area contributed by atoms with Crippen molar-refractivity contribution in [2.45, 2.75) is 208 Å². The van der Waals surface area contributed by atoms with Crippen molar-refractivity contribution in [2.24, 2.45) is 47.3 Å². The molecule has 1 fully saturated rings. The van der Waals surface area contributed by atoms with Crippen LogP contribution in [0, 0.1) is 47.3 Å². The summed E-state index contributed by atoms with van der Waals surface area (Å²) in [6.07, 6.45) is 5.07. The number of carbonyl (C=O) groups excluding carboxylic acids is 8. The first-order chi connectivity index (χ1) is 35.1. The maximum atomic E-state index is 10.9. The molecule has 0 spiro atoms. The van der Waals surface area contributed by atoms with Crippen LogP contribution in [0.1, 0.15) is 190 Å². The smallest absolute Gasteiger partial charge is 0.335 e. The fourth-order valence-corrected chi connectivity index (χ4v) is 4.79. The van der Waals surface area contributed by atoms with E-state index in [2.05, 4.69) is 20.8 Å². The lowest BCUT2D eigenvalue weighted by atomic mass is 9.99. The minimum atomic E-state index is -0.426. The van der Waals surface area contributed by atoms with E-state index in [1.165, 1.54) is 41.3 Å². The van der Waals surface area contributed by atoms with E-state index >= 15 is 0 Å². The van der Waals surface area contributed by atoms with Crippen LogP contribution in [0.25, 0.3) is 0 Å². The molecule has 2 unspecified atom stereocenters. The third kappa shape index (κ3) is 75.9. The van der Waals surface area contributed by atoms with Gasteiger partial charge in [0.05, 0.1) is 65.7 Å². The van der Waals surface area contributed by atoms with Crippen LogP contribution >= 0.6 is 0 Å². The fourth-order valence-electron chi connectivity index (χ4n) is 4.79. The maximum absolute atomic E-state index is 10.9. The monoisotopic (exact) mass is 1100 g/mol. The fraction of sp³-hybridized carbons (Fsp3) is 0.828. The molecule has 0 aromatic carbocycles. The van der Waals surface area contributed by atoms with Crippen molar-refractivity contribution in [3.8, 4) is 0 Å². The molecule has 1 saturated carbocycles. The molecule has 0 amide bonds. The third-order valence-corrected chi connectivity index (χ3v) is 8.89. The summed E-state index contributed by atoms with van der Waals surface area (Å²) in [5, 5.41) is 0. The van der Waals surface area contributed by atoms with E-state index in [0.717, 1.165) is 5.57 Å². The highest BCUT2D eigenvalue weighted by Gasteiger charge is 2.25. The van der Waals surface area contributed by atoms with Gasteiger partial charge in [0, 0.05) is 46.3 Å². The van der Waals surface area contributed by atoms with Crippen LogP contribution in [0.3, 0.4) is 0 Å². The quantitative estimate of drug-likeness (QED) is 0.0378. The van der Waals surface area contributed by atoms with Gasteiger partial charge in [-0.2, -0.15) is 0 Å². The van der Waals surface area contributed by atoms with E-state index in [4.69, 9.17) is 33.2 Å². The summed E-state index contributed by atoms with van der Waals surface area (Å²) in [5.74, 6) is 1.69. The third-order valence-electron chi connectivity index (χ3n) is 8.89. The summed E-state index contributed by atoms with van der Waals surface area (Å²) < 4.78 is 47.1. The second-order valence-electron chi connectivity index (χ2n) is 20.6. The highest BCUT2D eigenvalue weighted by molar-refractivity contribution is 5.75. The SMILES string of the molecule is C=C(C)CC(=O)OC(C)C.CC(C)CC(=O)OC(C)C.CCOC(=O)CC(C)C.CCOC(=O)CC1CC1.COC(=O)C(C)C(C)C.COC(=O)C(OC)C(C)C.COC(=O)CC(C)C.COCCOC(=O)CC(C)C. The van der Waals surface area contributed by atoms with Gasteiger partial charge in [0.1, 0.15) is 6.61 Å². The van der Waals surface area contributed by atoms with Crippen LogP contribution in [-0.4, -0.2) is 128 Å². The van der Waals surface area contributed by atoms with Crippen molar-refractivity contribution in [1.29, 1.82) is 0 Å². The predicted molar refractivity (Wildman–Crippen MR) is 299 cm³/mol. The highest BCUT2D eigenvalue weighted by atomic mass is 16.6. The Labute approximate surface area is 461 Å².